The maximum absolute atomic E-state index is 12.3. The topological polar surface area (TPSA) is 40.5 Å². The number of nitrogens with zero attached hydrogens (tertiary/aromatic N) is 1. The molecular formula is C15H20ClNO2S. The van der Waals surface area contributed by atoms with Gasteiger partial charge in [-0.25, -0.2) is 0 Å². The molecular weight excluding hydrogens is 294 g/mol. The van der Waals surface area contributed by atoms with Crippen LogP contribution in [0.15, 0.2) is 12.1 Å². The average molecular weight is 314 g/mol. The molecule has 0 saturated heterocycles. The van der Waals surface area contributed by atoms with E-state index in [4.69, 9.17) is 11.6 Å². The third kappa shape index (κ3) is 2.38. The highest BCUT2D eigenvalue weighted by molar-refractivity contribution is 7.16. The lowest BCUT2D eigenvalue weighted by atomic mass is 9.47. The highest BCUT2D eigenvalue weighted by atomic mass is 35.5. The molecule has 110 valence electrons. The number of hydrogen-bond acceptors (Lipinski definition) is 3. The normalized spacial score (nSPS) is 26.9. The van der Waals surface area contributed by atoms with Crippen molar-refractivity contribution in [1.29, 1.82) is 0 Å². The van der Waals surface area contributed by atoms with Gasteiger partial charge in [0.1, 0.15) is 0 Å². The van der Waals surface area contributed by atoms with Gasteiger partial charge in [0, 0.05) is 18.3 Å². The van der Waals surface area contributed by atoms with E-state index in [9.17, 15) is 9.90 Å². The Hall–Kier alpha value is -0.580. The Bertz CT molecular complexity index is 512. The van der Waals surface area contributed by atoms with Gasteiger partial charge < -0.3 is 10.0 Å². The van der Waals surface area contributed by atoms with Crippen molar-refractivity contribution in [3.8, 4) is 0 Å². The van der Waals surface area contributed by atoms with Crippen LogP contribution in [0.2, 0.25) is 4.34 Å². The average Bonchev–Trinajstić information content (AvgIpc) is 2.71. The van der Waals surface area contributed by atoms with E-state index in [-0.39, 0.29) is 17.4 Å². The first kappa shape index (κ1) is 14.4. The second kappa shape index (κ2) is 5.32. The fourth-order valence-corrected chi connectivity index (χ4v) is 4.73. The molecule has 1 N–H and O–H groups in total. The van der Waals surface area contributed by atoms with Crippen molar-refractivity contribution in [2.75, 3.05) is 7.05 Å². The van der Waals surface area contributed by atoms with Crippen LogP contribution in [0.3, 0.4) is 0 Å². The van der Waals surface area contributed by atoms with Crippen LogP contribution in [0.5, 0.6) is 0 Å². The van der Waals surface area contributed by atoms with Gasteiger partial charge in [-0.05, 0) is 42.7 Å². The molecule has 0 bridgehead atoms. The van der Waals surface area contributed by atoms with Gasteiger partial charge in [0.2, 0.25) is 5.91 Å². The molecule has 2 atom stereocenters. The van der Waals surface area contributed by atoms with Gasteiger partial charge in [-0.2, -0.15) is 0 Å². The second-order valence-electron chi connectivity index (χ2n) is 6.19. The monoisotopic (exact) mass is 313 g/mol. The summed E-state index contributed by atoms with van der Waals surface area (Å²) in [6, 6.07) is 3.84. The lowest BCUT2D eigenvalue weighted by molar-refractivity contribution is -0.177. The molecule has 2 saturated carbocycles. The third-order valence-corrected chi connectivity index (χ3v) is 6.35. The fourth-order valence-electron chi connectivity index (χ4n) is 3.59. The number of aliphatic hydroxyl groups is 1. The number of hydrogen-bond donors (Lipinski definition) is 1. The number of thiophene rings is 1. The minimum Gasteiger partial charge on any atom is -0.393 e. The van der Waals surface area contributed by atoms with E-state index in [1.807, 2.05) is 19.2 Å². The number of amides is 1. The highest BCUT2D eigenvalue weighted by Gasteiger charge is 2.57. The molecule has 1 aromatic heterocycles. The SMILES string of the molecule is CN(Cc1ccc(Cl)s1)C(=O)CC1CC(O)C12CCC2. The summed E-state index contributed by atoms with van der Waals surface area (Å²) in [6.07, 6.45) is 4.59. The van der Waals surface area contributed by atoms with Gasteiger partial charge >= 0.3 is 0 Å². The molecule has 2 unspecified atom stereocenters. The first-order valence-electron chi connectivity index (χ1n) is 7.17. The summed E-state index contributed by atoms with van der Waals surface area (Å²) in [4.78, 5) is 15.2. The molecule has 0 radical (unpaired) electrons. The maximum atomic E-state index is 12.3. The molecule has 3 nitrogen and oxygen atoms in total. The minimum atomic E-state index is -0.171. The summed E-state index contributed by atoms with van der Waals surface area (Å²) in [5, 5.41) is 9.94. The van der Waals surface area contributed by atoms with Crippen LogP contribution >= 0.6 is 22.9 Å². The fraction of sp³-hybridized carbons (Fsp3) is 0.667. The van der Waals surface area contributed by atoms with Crippen molar-refractivity contribution >= 4 is 28.8 Å². The zero-order valence-electron chi connectivity index (χ0n) is 11.6. The summed E-state index contributed by atoms with van der Waals surface area (Å²) in [5.74, 6) is 0.561. The first-order chi connectivity index (χ1) is 9.51. The van der Waals surface area contributed by atoms with Crippen LogP contribution in [0, 0.1) is 11.3 Å². The number of carbonyl (C=O) groups is 1. The molecule has 0 aliphatic heterocycles. The molecule has 1 amide bonds. The molecule has 5 heteroatoms. The predicted molar refractivity (Wildman–Crippen MR) is 80.8 cm³/mol. The number of rotatable bonds is 4. The lowest BCUT2D eigenvalue weighted by Crippen LogP contribution is -2.58. The minimum absolute atomic E-state index is 0.0861. The Morgan fingerprint density at radius 1 is 1.55 bits per heavy atom. The molecule has 3 rings (SSSR count). The van der Waals surface area contributed by atoms with Gasteiger partial charge in [-0.1, -0.05) is 18.0 Å². The van der Waals surface area contributed by atoms with E-state index in [2.05, 4.69) is 0 Å². The molecule has 1 spiro atoms. The second-order valence-corrected chi connectivity index (χ2v) is 7.99. The van der Waals surface area contributed by atoms with Crippen LogP contribution in [0.1, 0.15) is 37.0 Å². The lowest BCUT2D eigenvalue weighted by Gasteiger charge is -2.59. The third-order valence-electron chi connectivity index (χ3n) is 5.14. The van der Waals surface area contributed by atoms with Crippen LogP contribution in [0.25, 0.3) is 0 Å². The van der Waals surface area contributed by atoms with Gasteiger partial charge in [0.05, 0.1) is 17.0 Å². The van der Waals surface area contributed by atoms with E-state index in [1.165, 1.54) is 17.8 Å². The standard InChI is InChI=1S/C15H20ClNO2S/c1-17(9-11-3-4-13(16)20-11)14(19)8-10-7-12(18)15(10)5-2-6-15/h3-4,10,12,18H,2,5-9H2,1H3. The predicted octanol–water partition coefficient (Wildman–Crippen LogP) is 3.30. The van der Waals surface area contributed by atoms with Crippen molar-refractivity contribution in [2.24, 2.45) is 11.3 Å². The Morgan fingerprint density at radius 2 is 2.30 bits per heavy atom. The van der Waals surface area contributed by atoms with Crippen LogP contribution in [-0.4, -0.2) is 29.1 Å². The smallest absolute Gasteiger partial charge is 0.222 e. The Kier molecular flexibility index (Phi) is 3.82. The van der Waals surface area contributed by atoms with Crippen molar-refractivity contribution in [3.63, 3.8) is 0 Å². The molecule has 2 fully saturated rings. The van der Waals surface area contributed by atoms with Crippen molar-refractivity contribution in [1.82, 2.24) is 4.90 Å². The number of halogens is 1. The van der Waals surface area contributed by atoms with Gasteiger partial charge in [-0.15, -0.1) is 11.3 Å². The van der Waals surface area contributed by atoms with Crippen LogP contribution < -0.4 is 0 Å². The van der Waals surface area contributed by atoms with Crippen molar-refractivity contribution < 1.29 is 9.90 Å². The Morgan fingerprint density at radius 3 is 2.80 bits per heavy atom. The maximum Gasteiger partial charge on any atom is 0.222 e. The summed E-state index contributed by atoms with van der Waals surface area (Å²) < 4.78 is 0.761. The summed E-state index contributed by atoms with van der Waals surface area (Å²) in [5.41, 5.74) is 0.0861. The van der Waals surface area contributed by atoms with Gasteiger partial charge in [0.15, 0.2) is 0 Å². The van der Waals surface area contributed by atoms with E-state index < -0.39 is 0 Å². The summed E-state index contributed by atoms with van der Waals surface area (Å²) in [7, 11) is 1.85. The molecule has 1 heterocycles. The number of carbonyl (C=O) groups excluding carboxylic acids is 1. The van der Waals surface area contributed by atoms with Crippen LogP contribution in [0.4, 0.5) is 0 Å². The number of aliphatic hydroxyl groups excluding tert-OH is 1. The molecule has 2 aliphatic rings. The van der Waals surface area contributed by atoms with Gasteiger partial charge in [-0.3, -0.25) is 4.79 Å². The zero-order chi connectivity index (χ0) is 14.3. The molecule has 20 heavy (non-hydrogen) atoms. The largest absolute Gasteiger partial charge is 0.393 e. The Balaban J connectivity index is 1.54. The van der Waals surface area contributed by atoms with E-state index in [1.54, 1.807) is 4.90 Å². The quantitative estimate of drug-likeness (QED) is 0.926. The van der Waals surface area contributed by atoms with E-state index in [0.717, 1.165) is 28.5 Å². The van der Waals surface area contributed by atoms with E-state index >= 15 is 0 Å². The van der Waals surface area contributed by atoms with Crippen molar-refractivity contribution in [2.45, 2.75) is 44.8 Å². The van der Waals surface area contributed by atoms with Gasteiger partial charge in [0.25, 0.3) is 0 Å². The van der Waals surface area contributed by atoms with E-state index in [0.29, 0.717) is 18.9 Å². The first-order valence-corrected chi connectivity index (χ1v) is 8.37. The van der Waals surface area contributed by atoms with Crippen molar-refractivity contribution in [3.05, 3.63) is 21.3 Å². The molecule has 2 aliphatic carbocycles. The molecule has 1 aromatic rings. The molecule has 0 aromatic carbocycles. The van der Waals surface area contributed by atoms with Crippen LogP contribution in [-0.2, 0) is 11.3 Å². The zero-order valence-corrected chi connectivity index (χ0v) is 13.2. The summed E-state index contributed by atoms with van der Waals surface area (Å²) >= 11 is 7.43. The summed E-state index contributed by atoms with van der Waals surface area (Å²) in [6.45, 7) is 0.624. The highest BCUT2D eigenvalue weighted by Crippen LogP contribution is 2.60. The Labute approximate surface area is 128 Å².